The molecule has 0 bridgehead atoms. The van der Waals surface area contributed by atoms with Crippen LogP contribution in [0.25, 0.3) is 0 Å². The number of rotatable bonds is 5. The van der Waals surface area contributed by atoms with Gasteiger partial charge in [0, 0.05) is 38.0 Å². The van der Waals surface area contributed by atoms with Crippen molar-refractivity contribution in [2.45, 2.75) is 44.2 Å². The van der Waals surface area contributed by atoms with Crippen LogP contribution in [0.4, 0.5) is 10.5 Å². The predicted octanol–water partition coefficient (Wildman–Crippen LogP) is 2.52. The van der Waals surface area contributed by atoms with Gasteiger partial charge in [0.15, 0.2) is 0 Å². The van der Waals surface area contributed by atoms with Crippen LogP contribution in [0.2, 0.25) is 0 Å². The van der Waals surface area contributed by atoms with E-state index in [9.17, 15) is 4.79 Å². The molecule has 2 amide bonds. The van der Waals surface area contributed by atoms with Crippen LogP contribution < -0.4 is 15.5 Å². The number of benzene rings is 1. The SMILES string of the molecule is O=C(NCC[C@H]1CCCCO1)N[C@H]1CCN(c2ccccc2)C1. The Labute approximate surface area is 138 Å². The van der Waals surface area contributed by atoms with Gasteiger partial charge < -0.3 is 20.3 Å². The summed E-state index contributed by atoms with van der Waals surface area (Å²) >= 11 is 0. The maximum absolute atomic E-state index is 12.0. The molecule has 0 aromatic heterocycles. The van der Waals surface area contributed by atoms with Crippen LogP contribution in [0.5, 0.6) is 0 Å². The number of para-hydroxylation sites is 1. The Hall–Kier alpha value is -1.75. The Balaban J connectivity index is 1.34. The first-order valence-corrected chi connectivity index (χ1v) is 8.77. The van der Waals surface area contributed by atoms with Crippen LogP contribution in [-0.2, 0) is 4.74 Å². The highest BCUT2D eigenvalue weighted by Gasteiger charge is 2.24. The second-order valence-corrected chi connectivity index (χ2v) is 6.44. The zero-order chi connectivity index (χ0) is 15.9. The number of nitrogens with zero attached hydrogens (tertiary/aromatic N) is 1. The van der Waals surface area contributed by atoms with Gasteiger partial charge in [-0.2, -0.15) is 0 Å². The minimum atomic E-state index is -0.0549. The summed E-state index contributed by atoms with van der Waals surface area (Å²) in [5.74, 6) is 0. The third-order valence-electron chi connectivity index (χ3n) is 4.67. The highest BCUT2D eigenvalue weighted by molar-refractivity contribution is 5.74. The van der Waals surface area contributed by atoms with Crippen molar-refractivity contribution in [3.8, 4) is 0 Å². The molecule has 2 fully saturated rings. The smallest absolute Gasteiger partial charge is 0.315 e. The average Bonchev–Trinajstić information content (AvgIpc) is 3.05. The number of amides is 2. The molecule has 1 aromatic rings. The fraction of sp³-hybridized carbons (Fsp3) is 0.611. The van der Waals surface area contributed by atoms with E-state index >= 15 is 0 Å². The quantitative estimate of drug-likeness (QED) is 0.877. The first-order chi connectivity index (χ1) is 11.3. The van der Waals surface area contributed by atoms with Crippen LogP contribution in [0.1, 0.15) is 32.1 Å². The van der Waals surface area contributed by atoms with E-state index in [0.29, 0.717) is 12.6 Å². The predicted molar refractivity (Wildman–Crippen MR) is 91.8 cm³/mol. The van der Waals surface area contributed by atoms with E-state index < -0.39 is 0 Å². The molecule has 2 aliphatic heterocycles. The molecule has 2 heterocycles. The summed E-state index contributed by atoms with van der Waals surface area (Å²) in [5, 5.41) is 6.05. The summed E-state index contributed by atoms with van der Waals surface area (Å²) in [6, 6.07) is 10.5. The molecule has 0 spiro atoms. The highest BCUT2D eigenvalue weighted by Crippen LogP contribution is 2.19. The maximum atomic E-state index is 12.0. The standard InChI is InChI=1S/C18H27N3O2/c22-18(19-11-9-17-8-4-5-13-23-17)20-15-10-12-21(14-15)16-6-2-1-3-7-16/h1-3,6-7,15,17H,4-5,8-14H2,(H2,19,20,22)/t15-,17+/m0/s1. The lowest BCUT2D eigenvalue weighted by Gasteiger charge is -2.23. The van der Waals surface area contributed by atoms with Crippen molar-refractivity contribution in [3.63, 3.8) is 0 Å². The van der Waals surface area contributed by atoms with Crippen molar-refractivity contribution in [1.82, 2.24) is 10.6 Å². The Morgan fingerprint density at radius 3 is 2.87 bits per heavy atom. The molecule has 0 aliphatic carbocycles. The van der Waals surface area contributed by atoms with E-state index in [1.54, 1.807) is 0 Å². The number of carbonyl (C=O) groups is 1. The number of anilines is 1. The van der Waals surface area contributed by atoms with Gasteiger partial charge in [-0.1, -0.05) is 18.2 Å². The molecular weight excluding hydrogens is 290 g/mol. The van der Waals surface area contributed by atoms with Crippen molar-refractivity contribution in [3.05, 3.63) is 30.3 Å². The third kappa shape index (κ3) is 4.86. The number of urea groups is 1. The third-order valence-corrected chi connectivity index (χ3v) is 4.67. The average molecular weight is 317 g/mol. The van der Waals surface area contributed by atoms with Gasteiger partial charge in [-0.15, -0.1) is 0 Å². The molecule has 0 saturated carbocycles. The minimum Gasteiger partial charge on any atom is -0.378 e. The summed E-state index contributed by atoms with van der Waals surface area (Å²) in [6.07, 6.45) is 5.77. The molecular formula is C18H27N3O2. The molecule has 0 radical (unpaired) electrons. The van der Waals surface area contributed by atoms with Gasteiger partial charge >= 0.3 is 6.03 Å². The van der Waals surface area contributed by atoms with Crippen molar-refractivity contribution < 1.29 is 9.53 Å². The molecule has 1 aromatic carbocycles. The van der Waals surface area contributed by atoms with E-state index in [1.165, 1.54) is 18.5 Å². The monoisotopic (exact) mass is 317 g/mol. The fourth-order valence-corrected chi connectivity index (χ4v) is 3.37. The molecule has 23 heavy (non-hydrogen) atoms. The Morgan fingerprint density at radius 1 is 1.22 bits per heavy atom. The zero-order valence-electron chi connectivity index (χ0n) is 13.7. The molecule has 5 nitrogen and oxygen atoms in total. The van der Waals surface area contributed by atoms with Crippen LogP contribution in [-0.4, -0.2) is 44.4 Å². The lowest BCUT2D eigenvalue weighted by atomic mass is 10.1. The van der Waals surface area contributed by atoms with E-state index in [-0.39, 0.29) is 12.1 Å². The lowest BCUT2D eigenvalue weighted by Crippen LogP contribution is -2.44. The number of nitrogens with one attached hydrogen (secondary N) is 2. The van der Waals surface area contributed by atoms with Crippen molar-refractivity contribution in [1.29, 1.82) is 0 Å². The molecule has 2 saturated heterocycles. The molecule has 2 aliphatic rings. The maximum Gasteiger partial charge on any atom is 0.315 e. The van der Waals surface area contributed by atoms with E-state index in [0.717, 1.165) is 39.0 Å². The Bertz CT molecular complexity index is 488. The van der Waals surface area contributed by atoms with E-state index in [2.05, 4.69) is 39.8 Å². The number of carbonyl (C=O) groups excluding carboxylic acids is 1. The lowest BCUT2D eigenvalue weighted by molar-refractivity contribution is 0.0120. The summed E-state index contributed by atoms with van der Waals surface area (Å²) in [6.45, 7) is 3.42. The van der Waals surface area contributed by atoms with Crippen LogP contribution >= 0.6 is 0 Å². The molecule has 2 N–H and O–H groups in total. The van der Waals surface area contributed by atoms with Crippen LogP contribution in [0.3, 0.4) is 0 Å². The minimum absolute atomic E-state index is 0.0549. The van der Waals surface area contributed by atoms with Crippen molar-refractivity contribution in [2.24, 2.45) is 0 Å². The first-order valence-electron chi connectivity index (χ1n) is 8.77. The normalized spacial score (nSPS) is 24.4. The van der Waals surface area contributed by atoms with Gasteiger partial charge in [-0.05, 0) is 44.2 Å². The van der Waals surface area contributed by atoms with E-state index in [1.807, 2.05) is 6.07 Å². The van der Waals surface area contributed by atoms with E-state index in [4.69, 9.17) is 4.74 Å². The molecule has 0 unspecified atom stereocenters. The van der Waals surface area contributed by atoms with Gasteiger partial charge in [-0.25, -0.2) is 4.79 Å². The van der Waals surface area contributed by atoms with Crippen molar-refractivity contribution in [2.75, 3.05) is 31.1 Å². The molecule has 5 heteroatoms. The summed E-state index contributed by atoms with van der Waals surface area (Å²) < 4.78 is 5.68. The van der Waals surface area contributed by atoms with Crippen LogP contribution in [0, 0.1) is 0 Å². The molecule has 3 rings (SSSR count). The van der Waals surface area contributed by atoms with Gasteiger partial charge in [0.25, 0.3) is 0 Å². The van der Waals surface area contributed by atoms with Gasteiger partial charge in [0.05, 0.1) is 6.10 Å². The molecule has 126 valence electrons. The Morgan fingerprint density at radius 2 is 2.09 bits per heavy atom. The topological polar surface area (TPSA) is 53.6 Å². The zero-order valence-corrected chi connectivity index (χ0v) is 13.7. The second-order valence-electron chi connectivity index (χ2n) is 6.44. The highest BCUT2D eigenvalue weighted by atomic mass is 16.5. The van der Waals surface area contributed by atoms with Gasteiger partial charge in [0.2, 0.25) is 0 Å². The summed E-state index contributed by atoms with van der Waals surface area (Å²) in [5.41, 5.74) is 1.23. The number of hydrogen-bond acceptors (Lipinski definition) is 3. The van der Waals surface area contributed by atoms with Crippen LogP contribution in [0.15, 0.2) is 30.3 Å². The second kappa shape index (κ2) is 8.20. The fourth-order valence-electron chi connectivity index (χ4n) is 3.37. The first kappa shape index (κ1) is 16.1. The van der Waals surface area contributed by atoms with Crippen molar-refractivity contribution >= 4 is 11.7 Å². The molecule has 2 atom stereocenters. The van der Waals surface area contributed by atoms with Gasteiger partial charge in [-0.3, -0.25) is 0 Å². The van der Waals surface area contributed by atoms with Gasteiger partial charge in [0.1, 0.15) is 0 Å². The number of hydrogen-bond donors (Lipinski definition) is 2. The Kier molecular flexibility index (Phi) is 5.75. The summed E-state index contributed by atoms with van der Waals surface area (Å²) in [7, 11) is 0. The number of ether oxygens (including phenoxy) is 1. The largest absolute Gasteiger partial charge is 0.378 e. The summed E-state index contributed by atoms with van der Waals surface area (Å²) in [4.78, 5) is 14.3.